The number of amides is 2. The maximum absolute atomic E-state index is 12.3. The number of piperidine rings is 1. The number of hydrogen-bond acceptors (Lipinski definition) is 3. The van der Waals surface area contributed by atoms with Gasteiger partial charge in [0, 0.05) is 37.3 Å². The van der Waals surface area contributed by atoms with Crippen molar-refractivity contribution in [2.24, 2.45) is 0 Å². The first-order valence-electron chi connectivity index (χ1n) is 7.49. The van der Waals surface area contributed by atoms with Crippen LogP contribution < -0.4 is 10.6 Å². The maximum Gasteiger partial charge on any atom is 0.253 e. The van der Waals surface area contributed by atoms with Crippen LogP contribution in [0.15, 0.2) is 24.3 Å². The molecule has 22 heavy (non-hydrogen) atoms. The first-order valence-corrected chi connectivity index (χ1v) is 7.49. The van der Waals surface area contributed by atoms with Crippen LogP contribution in [0.2, 0.25) is 0 Å². The Morgan fingerprint density at radius 2 is 2.09 bits per heavy atom. The molecule has 5 nitrogen and oxygen atoms in total. The molecule has 1 heterocycles. The topological polar surface area (TPSA) is 61.4 Å². The van der Waals surface area contributed by atoms with Crippen LogP contribution in [-0.4, -0.2) is 49.4 Å². The molecule has 1 aromatic rings. The van der Waals surface area contributed by atoms with Crippen molar-refractivity contribution in [2.75, 3.05) is 26.7 Å². The fourth-order valence-electron chi connectivity index (χ4n) is 2.40. The summed E-state index contributed by atoms with van der Waals surface area (Å²) in [5.74, 6) is -0.177. The molecule has 6 heteroatoms. The summed E-state index contributed by atoms with van der Waals surface area (Å²) in [4.78, 5) is 26.0. The molecule has 1 fully saturated rings. The normalized spacial score (nSPS) is 17.3. The van der Waals surface area contributed by atoms with E-state index in [0.29, 0.717) is 17.7 Å². The number of carbonyl (C=O) groups excluding carboxylic acids is 2. The number of nitrogens with one attached hydrogen (secondary N) is 2. The third-order valence-electron chi connectivity index (χ3n) is 3.82. The SMILES string of the molecule is CCN(C)C(=O)c1cccc(C(=O)NC2CCCNC2)c1.Cl. The average Bonchev–Trinajstić information content (AvgIpc) is 2.54. The Morgan fingerprint density at radius 1 is 1.36 bits per heavy atom. The third kappa shape index (κ3) is 4.71. The third-order valence-corrected chi connectivity index (χ3v) is 3.82. The van der Waals surface area contributed by atoms with Gasteiger partial charge in [0.2, 0.25) is 0 Å². The largest absolute Gasteiger partial charge is 0.348 e. The van der Waals surface area contributed by atoms with E-state index in [1.807, 2.05) is 6.92 Å². The Morgan fingerprint density at radius 3 is 2.73 bits per heavy atom. The number of nitrogens with zero attached hydrogens (tertiary/aromatic N) is 1. The molecule has 0 radical (unpaired) electrons. The fourth-order valence-corrected chi connectivity index (χ4v) is 2.40. The monoisotopic (exact) mass is 325 g/mol. The van der Waals surface area contributed by atoms with E-state index in [0.717, 1.165) is 25.9 Å². The first kappa shape index (κ1) is 18.5. The van der Waals surface area contributed by atoms with Crippen molar-refractivity contribution in [2.45, 2.75) is 25.8 Å². The van der Waals surface area contributed by atoms with Crippen molar-refractivity contribution >= 4 is 24.2 Å². The molecule has 0 spiro atoms. The minimum atomic E-state index is -0.113. The highest BCUT2D eigenvalue weighted by atomic mass is 35.5. The lowest BCUT2D eigenvalue weighted by atomic mass is 10.1. The Hall–Kier alpha value is -1.59. The van der Waals surface area contributed by atoms with Gasteiger partial charge in [0.15, 0.2) is 0 Å². The standard InChI is InChI=1S/C16H23N3O2.ClH/c1-3-19(2)16(21)13-7-4-6-12(10-13)15(20)18-14-8-5-9-17-11-14;/h4,6-7,10,14,17H,3,5,8-9,11H2,1-2H3,(H,18,20);1H. The van der Waals surface area contributed by atoms with Gasteiger partial charge in [0.05, 0.1) is 0 Å². The predicted octanol–water partition coefficient (Wildman–Crippen LogP) is 1.68. The highest BCUT2D eigenvalue weighted by molar-refractivity contribution is 5.99. The van der Waals surface area contributed by atoms with Crippen molar-refractivity contribution in [1.82, 2.24) is 15.5 Å². The highest BCUT2D eigenvalue weighted by Crippen LogP contribution is 2.09. The van der Waals surface area contributed by atoms with Gasteiger partial charge in [-0.1, -0.05) is 6.07 Å². The van der Waals surface area contributed by atoms with Crippen LogP contribution in [0.4, 0.5) is 0 Å². The van der Waals surface area contributed by atoms with Gasteiger partial charge in [-0.3, -0.25) is 9.59 Å². The van der Waals surface area contributed by atoms with Crippen LogP contribution >= 0.6 is 12.4 Å². The average molecular weight is 326 g/mol. The van der Waals surface area contributed by atoms with Crippen LogP contribution in [0.25, 0.3) is 0 Å². The van der Waals surface area contributed by atoms with E-state index in [-0.39, 0.29) is 30.3 Å². The fraction of sp³-hybridized carbons (Fsp3) is 0.500. The molecule has 1 aliphatic heterocycles. The van der Waals surface area contributed by atoms with Gasteiger partial charge in [-0.15, -0.1) is 12.4 Å². The number of hydrogen-bond donors (Lipinski definition) is 2. The molecular weight excluding hydrogens is 302 g/mol. The minimum Gasteiger partial charge on any atom is -0.348 e. The zero-order valence-corrected chi connectivity index (χ0v) is 13.9. The molecule has 1 saturated heterocycles. The first-order chi connectivity index (χ1) is 10.1. The number of benzene rings is 1. The van der Waals surface area contributed by atoms with Crippen LogP contribution in [0.1, 0.15) is 40.5 Å². The molecule has 0 aromatic heterocycles. The number of halogens is 1. The summed E-state index contributed by atoms with van der Waals surface area (Å²) in [5, 5.41) is 6.29. The summed E-state index contributed by atoms with van der Waals surface area (Å²) in [6.07, 6.45) is 2.07. The van der Waals surface area contributed by atoms with E-state index in [4.69, 9.17) is 0 Å². The van der Waals surface area contributed by atoms with Crippen molar-refractivity contribution in [3.05, 3.63) is 35.4 Å². The van der Waals surface area contributed by atoms with E-state index in [1.165, 1.54) is 0 Å². The van der Waals surface area contributed by atoms with Gasteiger partial charge in [-0.2, -0.15) is 0 Å². The zero-order valence-electron chi connectivity index (χ0n) is 13.1. The van der Waals surface area contributed by atoms with Crippen molar-refractivity contribution in [3.8, 4) is 0 Å². The van der Waals surface area contributed by atoms with E-state index in [1.54, 1.807) is 36.2 Å². The zero-order chi connectivity index (χ0) is 15.2. The van der Waals surface area contributed by atoms with Crippen molar-refractivity contribution in [1.29, 1.82) is 0 Å². The molecule has 1 aromatic carbocycles. The van der Waals surface area contributed by atoms with Gasteiger partial charge in [-0.25, -0.2) is 0 Å². The summed E-state index contributed by atoms with van der Waals surface area (Å²) >= 11 is 0. The molecule has 2 rings (SSSR count). The van der Waals surface area contributed by atoms with Crippen LogP contribution in [0.5, 0.6) is 0 Å². The molecular formula is C16H24ClN3O2. The molecule has 0 bridgehead atoms. The smallest absolute Gasteiger partial charge is 0.253 e. The summed E-state index contributed by atoms with van der Waals surface area (Å²) in [6, 6.07) is 7.08. The van der Waals surface area contributed by atoms with Gasteiger partial charge in [0.1, 0.15) is 0 Å². The summed E-state index contributed by atoms with van der Waals surface area (Å²) in [5.41, 5.74) is 1.09. The predicted molar refractivity (Wildman–Crippen MR) is 89.7 cm³/mol. The lowest BCUT2D eigenvalue weighted by Crippen LogP contribution is -2.45. The van der Waals surface area contributed by atoms with Gasteiger partial charge in [0.25, 0.3) is 11.8 Å². The Kier molecular flexibility index (Phi) is 7.35. The second kappa shape index (κ2) is 8.76. The summed E-state index contributed by atoms with van der Waals surface area (Å²) < 4.78 is 0. The van der Waals surface area contributed by atoms with E-state index in [2.05, 4.69) is 10.6 Å². The molecule has 0 saturated carbocycles. The van der Waals surface area contributed by atoms with Gasteiger partial charge < -0.3 is 15.5 Å². The Bertz CT molecular complexity index is 516. The summed E-state index contributed by atoms with van der Waals surface area (Å²) in [7, 11) is 1.75. The van der Waals surface area contributed by atoms with Gasteiger partial charge in [-0.05, 0) is 44.5 Å². The van der Waals surface area contributed by atoms with Gasteiger partial charge >= 0.3 is 0 Å². The van der Waals surface area contributed by atoms with Crippen molar-refractivity contribution < 1.29 is 9.59 Å². The van der Waals surface area contributed by atoms with Crippen LogP contribution in [0, 0.1) is 0 Å². The quantitative estimate of drug-likeness (QED) is 0.885. The molecule has 2 N–H and O–H groups in total. The Labute approximate surface area is 137 Å². The molecule has 2 amide bonds. The lowest BCUT2D eigenvalue weighted by molar-refractivity contribution is 0.0802. The second-order valence-corrected chi connectivity index (χ2v) is 5.42. The van der Waals surface area contributed by atoms with Crippen LogP contribution in [-0.2, 0) is 0 Å². The van der Waals surface area contributed by atoms with E-state index < -0.39 is 0 Å². The Balaban J connectivity index is 0.00000242. The molecule has 0 aliphatic carbocycles. The van der Waals surface area contributed by atoms with E-state index >= 15 is 0 Å². The molecule has 122 valence electrons. The number of carbonyl (C=O) groups is 2. The summed E-state index contributed by atoms with van der Waals surface area (Å²) in [6.45, 7) is 4.39. The molecule has 1 unspecified atom stereocenters. The van der Waals surface area contributed by atoms with Crippen molar-refractivity contribution in [3.63, 3.8) is 0 Å². The number of rotatable bonds is 4. The minimum absolute atomic E-state index is 0. The molecule has 1 aliphatic rings. The van der Waals surface area contributed by atoms with E-state index in [9.17, 15) is 9.59 Å². The maximum atomic E-state index is 12.3. The second-order valence-electron chi connectivity index (χ2n) is 5.42. The van der Waals surface area contributed by atoms with Crippen LogP contribution in [0.3, 0.4) is 0 Å². The lowest BCUT2D eigenvalue weighted by Gasteiger charge is -2.24. The molecule has 1 atom stereocenters. The highest BCUT2D eigenvalue weighted by Gasteiger charge is 2.17.